The first-order valence-corrected chi connectivity index (χ1v) is 17.1. The lowest BCUT2D eigenvalue weighted by molar-refractivity contribution is -0.137. The van der Waals surface area contributed by atoms with E-state index in [-0.39, 0.29) is 23.9 Å². The van der Waals surface area contributed by atoms with E-state index in [1.807, 2.05) is 44.2 Å². The van der Waals surface area contributed by atoms with Gasteiger partial charge in [0.05, 0.1) is 29.1 Å². The Hall–Kier alpha value is -3.29. The molecule has 1 aliphatic heterocycles. The van der Waals surface area contributed by atoms with Gasteiger partial charge < -0.3 is 21.1 Å². The maximum Gasteiger partial charge on any atom is 0.416 e. The van der Waals surface area contributed by atoms with E-state index in [2.05, 4.69) is 16.0 Å². The number of benzene rings is 3. The fourth-order valence-electron chi connectivity index (χ4n) is 5.50. The Morgan fingerprint density at radius 1 is 0.957 bits per heavy atom. The highest BCUT2D eigenvalue weighted by Crippen LogP contribution is 2.50. The molecule has 4 rings (SSSR count). The summed E-state index contributed by atoms with van der Waals surface area (Å²) in [5.74, 6) is -0.204. The zero-order valence-electron chi connectivity index (χ0n) is 26.6. The molecule has 1 amide bonds. The summed E-state index contributed by atoms with van der Waals surface area (Å²) in [5.41, 5.74) is 1.04. The standard InChI is InChI=1S/C34H45F3N4O4S/c1-23(2)39-28-18-25(19-29(21-28)41-15-8-9-16-46(41,44)45)32(43)40-30(17-24-11-6-5-7-12-24)31(42)22-38-33(3,4)26-13-10-14-27(20-26)34(35,36)37/h5-7,10-14,18-21,23,30-31,38-39,42,44-45H,8-9,15-17,22H2,1-4H3,(H,40,43). The smallest absolute Gasteiger partial charge is 0.390 e. The van der Waals surface area contributed by atoms with Gasteiger partial charge in [0.2, 0.25) is 0 Å². The van der Waals surface area contributed by atoms with Crippen LogP contribution in [0.5, 0.6) is 0 Å². The van der Waals surface area contributed by atoms with Gasteiger partial charge in [0, 0.05) is 35.9 Å². The lowest BCUT2D eigenvalue weighted by Gasteiger charge is -2.47. The van der Waals surface area contributed by atoms with E-state index in [1.54, 1.807) is 42.4 Å². The van der Waals surface area contributed by atoms with E-state index in [9.17, 15) is 32.2 Å². The third-order valence-corrected chi connectivity index (χ3v) is 9.99. The second kappa shape index (κ2) is 14.6. The molecular formula is C34H45F3N4O4S. The van der Waals surface area contributed by atoms with E-state index in [0.29, 0.717) is 36.3 Å². The minimum Gasteiger partial charge on any atom is -0.390 e. The zero-order chi connectivity index (χ0) is 33.7. The molecule has 2 unspecified atom stereocenters. The SMILES string of the molecule is CC(C)Nc1cc(C(=O)NC(Cc2ccccc2)C(O)CNC(C)(C)c2cccc(C(F)(F)F)c2)cc(N2CCCCS2(O)O)c1. The molecule has 1 saturated heterocycles. The highest BCUT2D eigenvalue weighted by atomic mass is 32.3. The largest absolute Gasteiger partial charge is 0.416 e. The van der Waals surface area contributed by atoms with E-state index in [1.165, 1.54) is 6.07 Å². The molecule has 252 valence electrons. The number of carbonyl (C=O) groups excluding carboxylic acids is 1. The average Bonchev–Trinajstić information content (AvgIpc) is 2.99. The van der Waals surface area contributed by atoms with Crippen LogP contribution in [0.3, 0.4) is 0 Å². The van der Waals surface area contributed by atoms with Crippen LogP contribution >= 0.6 is 10.8 Å². The first-order valence-electron chi connectivity index (χ1n) is 15.5. The van der Waals surface area contributed by atoms with Crippen molar-refractivity contribution in [2.24, 2.45) is 0 Å². The summed E-state index contributed by atoms with van der Waals surface area (Å²) in [6.45, 7) is 7.81. The van der Waals surface area contributed by atoms with Gasteiger partial charge in [0.25, 0.3) is 5.91 Å². The molecule has 2 atom stereocenters. The van der Waals surface area contributed by atoms with E-state index >= 15 is 0 Å². The Morgan fingerprint density at radius 2 is 1.65 bits per heavy atom. The summed E-state index contributed by atoms with van der Waals surface area (Å²) in [7, 11) is -3.03. The number of anilines is 2. The maximum absolute atomic E-state index is 13.8. The fraction of sp³-hybridized carbons (Fsp3) is 0.441. The van der Waals surface area contributed by atoms with Crippen molar-refractivity contribution in [1.29, 1.82) is 0 Å². The molecule has 46 heavy (non-hydrogen) atoms. The van der Waals surface area contributed by atoms with E-state index in [4.69, 9.17) is 0 Å². The summed E-state index contributed by atoms with van der Waals surface area (Å²) in [6, 6.07) is 18.8. The van der Waals surface area contributed by atoms with Crippen LogP contribution in [0.4, 0.5) is 24.5 Å². The molecule has 1 fully saturated rings. The predicted molar refractivity (Wildman–Crippen MR) is 179 cm³/mol. The van der Waals surface area contributed by atoms with Crippen LogP contribution in [-0.2, 0) is 18.1 Å². The van der Waals surface area contributed by atoms with Crippen molar-refractivity contribution in [2.45, 2.75) is 76.9 Å². The number of aliphatic hydroxyl groups is 1. The van der Waals surface area contributed by atoms with Gasteiger partial charge in [0.1, 0.15) is 0 Å². The van der Waals surface area contributed by atoms with E-state index < -0.39 is 46.1 Å². The van der Waals surface area contributed by atoms with Crippen LogP contribution in [-0.4, -0.2) is 57.1 Å². The number of hydrogen-bond donors (Lipinski definition) is 6. The quantitative estimate of drug-likeness (QED) is 0.124. The zero-order valence-corrected chi connectivity index (χ0v) is 27.5. The van der Waals surface area contributed by atoms with Gasteiger partial charge in [0.15, 0.2) is 0 Å². The van der Waals surface area contributed by atoms with Crippen LogP contribution in [0.25, 0.3) is 0 Å². The number of hydrogen-bond acceptors (Lipinski definition) is 7. The van der Waals surface area contributed by atoms with Crippen molar-refractivity contribution in [3.8, 4) is 0 Å². The highest BCUT2D eigenvalue weighted by Gasteiger charge is 2.33. The number of halogens is 3. The Labute approximate surface area is 270 Å². The Morgan fingerprint density at radius 3 is 2.30 bits per heavy atom. The number of alkyl halides is 3. The Kier molecular flexibility index (Phi) is 11.3. The minimum absolute atomic E-state index is 0.0180. The topological polar surface area (TPSA) is 117 Å². The number of nitrogens with one attached hydrogen (secondary N) is 3. The van der Waals surface area contributed by atoms with Crippen LogP contribution in [0, 0.1) is 0 Å². The predicted octanol–water partition coefficient (Wildman–Crippen LogP) is 7.02. The normalized spacial score (nSPS) is 17.3. The van der Waals surface area contributed by atoms with Crippen molar-refractivity contribution < 1.29 is 32.2 Å². The van der Waals surface area contributed by atoms with Gasteiger partial charge in [-0.2, -0.15) is 13.2 Å². The molecule has 3 aromatic carbocycles. The van der Waals surface area contributed by atoms with Gasteiger partial charge in [-0.25, -0.2) is 0 Å². The molecule has 12 heteroatoms. The van der Waals surface area contributed by atoms with Crippen LogP contribution in [0.2, 0.25) is 0 Å². The van der Waals surface area contributed by atoms with Gasteiger partial charge >= 0.3 is 6.18 Å². The van der Waals surface area contributed by atoms with Gasteiger partial charge in [-0.1, -0.05) is 42.5 Å². The molecule has 0 aromatic heterocycles. The molecule has 8 nitrogen and oxygen atoms in total. The van der Waals surface area contributed by atoms with Crippen molar-refractivity contribution in [2.75, 3.05) is 28.5 Å². The van der Waals surface area contributed by atoms with Gasteiger partial charge in [-0.3, -0.25) is 18.2 Å². The lowest BCUT2D eigenvalue weighted by atomic mass is 9.92. The summed E-state index contributed by atoms with van der Waals surface area (Å²) < 4.78 is 63.2. The van der Waals surface area contributed by atoms with Crippen LogP contribution < -0.4 is 20.3 Å². The molecule has 0 saturated carbocycles. The number of aliphatic hydroxyl groups excluding tert-OH is 1. The lowest BCUT2D eigenvalue weighted by Crippen LogP contribution is -2.51. The van der Waals surface area contributed by atoms with Crippen molar-refractivity contribution in [3.05, 3.63) is 95.1 Å². The molecule has 1 aliphatic rings. The first-order chi connectivity index (χ1) is 21.5. The van der Waals surface area contributed by atoms with Gasteiger partial charge in [-0.15, -0.1) is 10.8 Å². The summed E-state index contributed by atoms with van der Waals surface area (Å²) in [5, 5.41) is 20.9. The molecular weight excluding hydrogens is 617 g/mol. The third-order valence-electron chi connectivity index (χ3n) is 8.05. The maximum atomic E-state index is 13.8. The first kappa shape index (κ1) is 35.6. The third kappa shape index (κ3) is 9.38. The number of nitrogens with zero attached hydrogens (tertiary/aromatic N) is 1. The van der Waals surface area contributed by atoms with Gasteiger partial charge in [-0.05, 0) is 88.4 Å². The van der Waals surface area contributed by atoms with Crippen molar-refractivity contribution >= 4 is 28.1 Å². The highest BCUT2D eigenvalue weighted by molar-refractivity contribution is 8.25. The molecule has 0 bridgehead atoms. The van der Waals surface area contributed by atoms with Crippen molar-refractivity contribution in [1.82, 2.24) is 10.6 Å². The number of amides is 1. The summed E-state index contributed by atoms with van der Waals surface area (Å²) >= 11 is 0. The molecule has 0 spiro atoms. The summed E-state index contributed by atoms with van der Waals surface area (Å²) in [6.07, 6.45) is -3.81. The second-order valence-corrected chi connectivity index (χ2v) is 14.7. The second-order valence-electron chi connectivity index (χ2n) is 12.6. The van der Waals surface area contributed by atoms with Crippen molar-refractivity contribution in [3.63, 3.8) is 0 Å². The Balaban J connectivity index is 1.58. The number of carbonyl (C=O) groups is 1. The molecule has 1 heterocycles. The van der Waals surface area contributed by atoms with Crippen LogP contribution in [0.1, 0.15) is 67.6 Å². The molecule has 0 radical (unpaired) electrons. The molecule has 3 aromatic rings. The summed E-state index contributed by atoms with van der Waals surface area (Å²) in [4.78, 5) is 13.8. The number of rotatable bonds is 12. The minimum atomic E-state index is -4.48. The monoisotopic (exact) mass is 662 g/mol. The Bertz CT molecular complexity index is 1470. The van der Waals surface area contributed by atoms with E-state index in [0.717, 1.165) is 24.1 Å². The average molecular weight is 663 g/mol. The fourth-order valence-corrected chi connectivity index (χ4v) is 7.18. The molecule has 6 N–H and O–H groups in total. The van der Waals surface area contributed by atoms with Crippen LogP contribution in [0.15, 0.2) is 72.8 Å². The molecule has 0 aliphatic carbocycles.